The molecule has 1 atom stereocenters. The van der Waals surface area contributed by atoms with E-state index in [0.29, 0.717) is 18.2 Å². The number of hydrogen-bond donors (Lipinski definition) is 1. The largest absolute Gasteiger partial charge is 0.417 e. The molecule has 0 spiro atoms. The summed E-state index contributed by atoms with van der Waals surface area (Å²) in [4.78, 5) is 11.9. The fourth-order valence-corrected chi connectivity index (χ4v) is 2.27. The number of hydrogen-bond acceptors (Lipinski definition) is 2. The van der Waals surface area contributed by atoms with E-state index in [1.165, 1.54) is 12.1 Å². The van der Waals surface area contributed by atoms with E-state index < -0.39 is 17.6 Å². The summed E-state index contributed by atoms with van der Waals surface area (Å²) < 4.78 is 39.0. The van der Waals surface area contributed by atoms with Gasteiger partial charge in [0.15, 0.2) is 0 Å². The van der Waals surface area contributed by atoms with Crippen molar-refractivity contribution in [3.63, 3.8) is 0 Å². The van der Waals surface area contributed by atoms with Crippen LogP contribution >= 0.6 is 27.7 Å². The van der Waals surface area contributed by atoms with E-state index in [4.69, 9.17) is 0 Å². The Bertz CT molecular complexity index is 479. The van der Waals surface area contributed by atoms with Crippen LogP contribution in [0.5, 0.6) is 0 Å². The average Bonchev–Trinajstić information content (AvgIpc) is 2.37. The minimum absolute atomic E-state index is 0.289. The Labute approximate surface area is 128 Å². The minimum Gasteiger partial charge on any atom is -0.352 e. The molecule has 1 amide bonds. The van der Waals surface area contributed by atoms with E-state index in [1.807, 2.05) is 13.2 Å². The van der Waals surface area contributed by atoms with E-state index >= 15 is 0 Å². The number of benzene rings is 1. The molecule has 0 saturated heterocycles. The second kappa shape index (κ2) is 7.36. The van der Waals surface area contributed by atoms with E-state index in [-0.39, 0.29) is 10.0 Å². The van der Waals surface area contributed by atoms with E-state index in [1.54, 1.807) is 11.8 Å². The van der Waals surface area contributed by atoms with Gasteiger partial charge in [-0.1, -0.05) is 22.9 Å². The first-order valence-corrected chi connectivity index (χ1v) is 8.01. The summed E-state index contributed by atoms with van der Waals surface area (Å²) in [6.07, 6.45) is -1.89. The molecule has 0 aromatic heterocycles. The Morgan fingerprint density at radius 1 is 1.45 bits per heavy atom. The van der Waals surface area contributed by atoms with E-state index in [0.717, 1.165) is 6.07 Å². The molecule has 1 aromatic carbocycles. The highest BCUT2D eigenvalue weighted by molar-refractivity contribution is 9.10. The number of nitrogens with one attached hydrogen (secondary N) is 1. The van der Waals surface area contributed by atoms with Gasteiger partial charge in [0.2, 0.25) is 0 Å². The van der Waals surface area contributed by atoms with Crippen molar-refractivity contribution in [2.45, 2.75) is 24.8 Å². The van der Waals surface area contributed by atoms with Crippen molar-refractivity contribution >= 4 is 33.6 Å². The van der Waals surface area contributed by atoms with Crippen molar-refractivity contribution in [1.82, 2.24) is 5.32 Å². The first-order chi connectivity index (χ1) is 9.25. The molecule has 112 valence electrons. The van der Waals surface area contributed by atoms with Crippen molar-refractivity contribution in [1.29, 1.82) is 0 Å². The van der Waals surface area contributed by atoms with Gasteiger partial charge in [0.25, 0.3) is 5.91 Å². The maximum Gasteiger partial charge on any atom is 0.417 e. The molecule has 0 radical (unpaired) electrons. The normalized spacial score (nSPS) is 13.1. The summed E-state index contributed by atoms with van der Waals surface area (Å²) in [5, 5.41) is 2.88. The van der Waals surface area contributed by atoms with Crippen LogP contribution in [0.4, 0.5) is 13.2 Å². The quantitative estimate of drug-likeness (QED) is 0.836. The SMILES string of the molecule is CSC(C)CCNC(=O)c1ccc(Br)cc1C(F)(F)F. The zero-order valence-electron chi connectivity index (χ0n) is 11.1. The lowest BCUT2D eigenvalue weighted by atomic mass is 10.1. The maximum absolute atomic E-state index is 12.9. The second-order valence-corrected chi connectivity index (χ2v) is 6.47. The third-order valence-corrected chi connectivity index (χ3v) is 4.30. The fraction of sp³-hybridized carbons (Fsp3) is 0.462. The maximum atomic E-state index is 12.9. The third-order valence-electron chi connectivity index (χ3n) is 2.77. The average molecular weight is 370 g/mol. The first kappa shape index (κ1) is 17.4. The molecule has 20 heavy (non-hydrogen) atoms. The topological polar surface area (TPSA) is 29.1 Å². The van der Waals surface area contributed by atoms with Crippen molar-refractivity contribution < 1.29 is 18.0 Å². The van der Waals surface area contributed by atoms with Gasteiger partial charge in [-0.05, 0) is 30.9 Å². The standard InChI is InChI=1S/C13H15BrF3NOS/c1-8(20-2)5-6-18-12(19)10-4-3-9(14)7-11(10)13(15,16)17/h3-4,7-8H,5-6H2,1-2H3,(H,18,19). The lowest BCUT2D eigenvalue weighted by molar-refractivity contribution is -0.138. The molecule has 1 rings (SSSR count). The van der Waals surface area contributed by atoms with Crippen LogP contribution in [0.2, 0.25) is 0 Å². The summed E-state index contributed by atoms with van der Waals surface area (Å²) in [7, 11) is 0. The number of rotatable bonds is 5. The lowest BCUT2D eigenvalue weighted by Crippen LogP contribution is -2.28. The summed E-state index contributed by atoms with van der Waals surface area (Å²) in [6, 6.07) is 3.52. The number of alkyl halides is 3. The number of halogens is 4. The lowest BCUT2D eigenvalue weighted by Gasteiger charge is -2.14. The zero-order valence-corrected chi connectivity index (χ0v) is 13.5. The number of carbonyl (C=O) groups excluding carboxylic acids is 1. The van der Waals surface area contributed by atoms with Crippen LogP contribution in [-0.4, -0.2) is 24.0 Å². The van der Waals surface area contributed by atoms with Gasteiger partial charge in [-0.2, -0.15) is 24.9 Å². The first-order valence-electron chi connectivity index (χ1n) is 5.93. The Hall–Kier alpha value is -0.690. The van der Waals surface area contributed by atoms with Crippen LogP contribution in [0.15, 0.2) is 22.7 Å². The molecule has 0 fully saturated rings. The van der Waals surface area contributed by atoms with Crippen LogP contribution in [0.1, 0.15) is 29.3 Å². The molecule has 1 aromatic rings. The highest BCUT2D eigenvalue weighted by Crippen LogP contribution is 2.33. The molecule has 0 saturated carbocycles. The second-order valence-electron chi connectivity index (χ2n) is 4.28. The number of amides is 1. The summed E-state index contributed by atoms with van der Waals surface area (Å²) in [5.41, 5.74) is -1.28. The van der Waals surface area contributed by atoms with Gasteiger partial charge in [-0.15, -0.1) is 0 Å². The van der Waals surface area contributed by atoms with Crippen LogP contribution in [0.3, 0.4) is 0 Å². The van der Waals surface area contributed by atoms with Crippen molar-refractivity contribution in [3.05, 3.63) is 33.8 Å². The van der Waals surface area contributed by atoms with Crippen molar-refractivity contribution in [3.8, 4) is 0 Å². The van der Waals surface area contributed by atoms with Gasteiger partial charge in [0.1, 0.15) is 0 Å². The Kier molecular flexibility index (Phi) is 6.39. The fourth-order valence-electron chi connectivity index (χ4n) is 1.55. The number of carbonyl (C=O) groups is 1. The van der Waals surface area contributed by atoms with Gasteiger partial charge in [0.05, 0.1) is 11.1 Å². The van der Waals surface area contributed by atoms with Gasteiger partial charge in [-0.25, -0.2) is 0 Å². The summed E-state index contributed by atoms with van der Waals surface area (Å²) in [5.74, 6) is -0.696. The van der Waals surface area contributed by atoms with Gasteiger partial charge >= 0.3 is 6.18 Å². The van der Waals surface area contributed by atoms with Gasteiger partial charge < -0.3 is 5.32 Å². The Morgan fingerprint density at radius 2 is 2.10 bits per heavy atom. The molecule has 0 bridgehead atoms. The molecular weight excluding hydrogens is 355 g/mol. The Morgan fingerprint density at radius 3 is 2.65 bits per heavy atom. The van der Waals surface area contributed by atoms with Gasteiger partial charge in [-0.3, -0.25) is 4.79 Å². The molecule has 0 aliphatic carbocycles. The summed E-state index contributed by atoms with van der Waals surface area (Å²) in [6.45, 7) is 2.35. The van der Waals surface area contributed by atoms with E-state index in [9.17, 15) is 18.0 Å². The molecule has 7 heteroatoms. The molecule has 0 aliphatic heterocycles. The third kappa shape index (κ3) is 5.01. The summed E-state index contributed by atoms with van der Waals surface area (Å²) >= 11 is 4.63. The molecular formula is C13H15BrF3NOS. The van der Waals surface area contributed by atoms with Crippen LogP contribution in [0.25, 0.3) is 0 Å². The van der Waals surface area contributed by atoms with Crippen LogP contribution < -0.4 is 5.32 Å². The predicted molar refractivity (Wildman–Crippen MR) is 79.1 cm³/mol. The number of thioether (sulfide) groups is 1. The molecule has 1 N–H and O–H groups in total. The van der Waals surface area contributed by atoms with Crippen molar-refractivity contribution in [2.75, 3.05) is 12.8 Å². The highest BCUT2D eigenvalue weighted by atomic mass is 79.9. The predicted octanol–water partition coefficient (Wildman–Crippen LogP) is 4.34. The smallest absolute Gasteiger partial charge is 0.352 e. The Balaban J connectivity index is 2.83. The molecule has 0 heterocycles. The van der Waals surface area contributed by atoms with Gasteiger partial charge in [0, 0.05) is 16.3 Å². The molecule has 1 unspecified atom stereocenters. The van der Waals surface area contributed by atoms with E-state index in [2.05, 4.69) is 21.2 Å². The minimum atomic E-state index is -4.55. The molecule has 2 nitrogen and oxygen atoms in total. The highest BCUT2D eigenvalue weighted by Gasteiger charge is 2.35. The monoisotopic (exact) mass is 369 g/mol. The van der Waals surface area contributed by atoms with Crippen LogP contribution in [-0.2, 0) is 6.18 Å². The van der Waals surface area contributed by atoms with Crippen molar-refractivity contribution in [2.24, 2.45) is 0 Å². The van der Waals surface area contributed by atoms with Crippen LogP contribution in [0, 0.1) is 0 Å². The zero-order chi connectivity index (χ0) is 15.3. The molecule has 0 aliphatic rings.